The van der Waals surface area contributed by atoms with Crippen molar-refractivity contribution >= 4 is 34.4 Å². The summed E-state index contributed by atoms with van der Waals surface area (Å²) >= 11 is 0. The highest BCUT2D eigenvalue weighted by atomic mass is 16.1. The molecule has 2 aromatic heterocycles. The van der Waals surface area contributed by atoms with Crippen molar-refractivity contribution in [3.8, 4) is 11.3 Å². The Bertz CT molecular complexity index is 1320. The second kappa shape index (κ2) is 9.01. The van der Waals surface area contributed by atoms with E-state index in [-0.39, 0.29) is 17.9 Å². The number of amides is 1. The molecular weight excluding hydrogens is 428 g/mol. The van der Waals surface area contributed by atoms with Gasteiger partial charge in [0.1, 0.15) is 5.82 Å². The number of aromatic nitrogens is 4. The van der Waals surface area contributed by atoms with E-state index < -0.39 is 0 Å². The molecule has 9 heteroatoms. The molecular formula is C25H28N8O. The average molecular weight is 457 g/mol. The van der Waals surface area contributed by atoms with E-state index in [2.05, 4.69) is 37.6 Å². The lowest BCUT2D eigenvalue weighted by Crippen LogP contribution is -2.33. The number of carbonyl (C=O) groups is 1. The Morgan fingerprint density at radius 3 is 2.79 bits per heavy atom. The molecule has 34 heavy (non-hydrogen) atoms. The van der Waals surface area contributed by atoms with Gasteiger partial charge in [-0.25, -0.2) is 4.98 Å². The van der Waals surface area contributed by atoms with Gasteiger partial charge in [0.2, 0.25) is 11.9 Å². The van der Waals surface area contributed by atoms with Crippen LogP contribution in [0.15, 0.2) is 54.6 Å². The molecule has 4 aromatic rings. The highest BCUT2D eigenvalue weighted by Crippen LogP contribution is 2.32. The van der Waals surface area contributed by atoms with Crippen molar-refractivity contribution in [2.45, 2.75) is 25.9 Å². The quantitative estimate of drug-likeness (QED) is 0.351. The number of aromatic amines is 1. The van der Waals surface area contributed by atoms with Crippen molar-refractivity contribution in [3.05, 3.63) is 60.2 Å². The minimum absolute atomic E-state index is 0.0728. The molecule has 3 heterocycles. The normalized spacial score (nSPS) is 17.8. The largest absolute Gasteiger partial charge is 0.382 e. The molecule has 5 N–H and O–H groups in total. The van der Waals surface area contributed by atoms with Gasteiger partial charge in [-0.15, -0.1) is 0 Å². The third-order valence-electron chi connectivity index (χ3n) is 6.37. The highest BCUT2D eigenvalue weighted by molar-refractivity contribution is 5.91. The lowest BCUT2D eigenvalue weighted by atomic mass is 10.1. The number of carbonyl (C=O) groups excluding carboxylic acids is 1. The van der Waals surface area contributed by atoms with Crippen LogP contribution in [0.3, 0.4) is 0 Å². The van der Waals surface area contributed by atoms with Gasteiger partial charge in [0.25, 0.3) is 0 Å². The van der Waals surface area contributed by atoms with Crippen LogP contribution in [0, 0.1) is 5.92 Å². The van der Waals surface area contributed by atoms with E-state index in [1.165, 1.54) is 0 Å². The number of H-pyrrole nitrogens is 1. The predicted octanol–water partition coefficient (Wildman–Crippen LogP) is 3.18. The number of fused-ring (bicyclic) bond motifs is 1. The molecule has 0 saturated carbocycles. The zero-order chi connectivity index (χ0) is 23.7. The van der Waals surface area contributed by atoms with Gasteiger partial charge in [0.05, 0.1) is 17.1 Å². The fraction of sp³-hybridized carbons (Fsp3) is 0.280. The third-order valence-corrected chi connectivity index (χ3v) is 6.37. The first-order valence-corrected chi connectivity index (χ1v) is 11.4. The fourth-order valence-electron chi connectivity index (χ4n) is 4.51. The van der Waals surface area contributed by atoms with Gasteiger partial charge in [-0.3, -0.25) is 9.89 Å². The van der Waals surface area contributed by atoms with E-state index in [9.17, 15) is 4.79 Å². The maximum atomic E-state index is 12.9. The molecule has 0 aliphatic carbocycles. The van der Waals surface area contributed by atoms with Gasteiger partial charge < -0.3 is 21.3 Å². The molecule has 1 saturated heterocycles. The van der Waals surface area contributed by atoms with Crippen molar-refractivity contribution in [2.75, 3.05) is 29.5 Å². The SMILES string of the molecule is CNc1nc(-c2ccc3c(N)n[nH]c3c2)cc(N2CC(C(=O)NCc3ccccc3)CC2C)n1. The number of nitrogen functional groups attached to an aromatic ring is 1. The summed E-state index contributed by atoms with van der Waals surface area (Å²) in [6.45, 7) is 3.27. The Kier molecular flexibility index (Phi) is 5.75. The predicted molar refractivity (Wildman–Crippen MR) is 134 cm³/mol. The molecule has 5 rings (SSSR count). The van der Waals surface area contributed by atoms with E-state index in [0.717, 1.165) is 40.0 Å². The molecule has 9 nitrogen and oxygen atoms in total. The van der Waals surface area contributed by atoms with E-state index in [1.807, 2.05) is 54.6 Å². The summed E-state index contributed by atoms with van der Waals surface area (Å²) in [6.07, 6.45) is 0.772. The molecule has 174 valence electrons. The second-order valence-corrected chi connectivity index (χ2v) is 8.69. The number of nitrogens with two attached hydrogens (primary N) is 1. The number of hydrogen-bond donors (Lipinski definition) is 4. The minimum Gasteiger partial charge on any atom is -0.382 e. The van der Waals surface area contributed by atoms with Gasteiger partial charge in [0, 0.05) is 43.2 Å². The standard InChI is InChI=1S/C25H28N8O/c1-15-10-18(24(34)28-13-16-6-4-3-5-7-16)14-33(15)22-12-20(29-25(27-2)30-22)17-8-9-19-21(11-17)31-32-23(19)26/h3-9,11-12,15,18H,10,13-14H2,1-2H3,(H,28,34)(H3,26,31,32)(H,27,29,30). The number of rotatable bonds is 6. The van der Waals surface area contributed by atoms with Crippen LogP contribution in [-0.2, 0) is 11.3 Å². The number of benzene rings is 2. The average Bonchev–Trinajstić information content (AvgIpc) is 3.45. The van der Waals surface area contributed by atoms with Gasteiger partial charge in [-0.05, 0) is 31.0 Å². The molecule has 0 spiro atoms. The van der Waals surface area contributed by atoms with Crippen molar-refractivity contribution < 1.29 is 4.79 Å². The summed E-state index contributed by atoms with van der Waals surface area (Å²) in [6, 6.07) is 18.0. The summed E-state index contributed by atoms with van der Waals surface area (Å²) in [7, 11) is 1.80. The summed E-state index contributed by atoms with van der Waals surface area (Å²) in [5.41, 5.74) is 9.57. The van der Waals surface area contributed by atoms with Crippen LogP contribution in [0.2, 0.25) is 0 Å². The molecule has 2 atom stereocenters. The molecule has 0 bridgehead atoms. The highest BCUT2D eigenvalue weighted by Gasteiger charge is 2.34. The lowest BCUT2D eigenvalue weighted by molar-refractivity contribution is -0.124. The zero-order valence-corrected chi connectivity index (χ0v) is 19.2. The Balaban J connectivity index is 1.36. The van der Waals surface area contributed by atoms with Gasteiger partial charge in [-0.1, -0.05) is 36.4 Å². The van der Waals surface area contributed by atoms with Gasteiger partial charge in [-0.2, -0.15) is 10.1 Å². The van der Waals surface area contributed by atoms with Crippen LogP contribution in [0.4, 0.5) is 17.6 Å². The number of nitrogens with zero attached hydrogens (tertiary/aromatic N) is 4. The lowest BCUT2D eigenvalue weighted by Gasteiger charge is -2.23. The maximum Gasteiger partial charge on any atom is 0.225 e. The molecule has 2 unspecified atom stereocenters. The van der Waals surface area contributed by atoms with E-state index in [1.54, 1.807) is 7.05 Å². The summed E-state index contributed by atoms with van der Waals surface area (Å²) in [5.74, 6) is 1.77. The Labute approximate surface area is 197 Å². The van der Waals surface area contributed by atoms with Crippen LogP contribution in [0.1, 0.15) is 18.9 Å². The smallest absolute Gasteiger partial charge is 0.225 e. The van der Waals surface area contributed by atoms with E-state index in [4.69, 9.17) is 10.7 Å². The number of hydrogen-bond acceptors (Lipinski definition) is 7. The molecule has 1 fully saturated rings. The van der Waals surface area contributed by atoms with Crippen molar-refractivity contribution in [2.24, 2.45) is 5.92 Å². The van der Waals surface area contributed by atoms with Gasteiger partial charge in [0.15, 0.2) is 5.82 Å². The number of nitrogens with one attached hydrogen (secondary N) is 3. The van der Waals surface area contributed by atoms with Crippen molar-refractivity contribution in [1.82, 2.24) is 25.5 Å². The van der Waals surface area contributed by atoms with E-state index in [0.29, 0.717) is 24.9 Å². The first-order chi connectivity index (χ1) is 16.5. The van der Waals surface area contributed by atoms with Crippen LogP contribution in [-0.4, -0.2) is 45.7 Å². The molecule has 1 amide bonds. The monoisotopic (exact) mass is 456 g/mol. The third kappa shape index (κ3) is 4.24. The molecule has 0 radical (unpaired) electrons. The summed E-state index contributed by atoms with van der Waals surface area (Å²) < 4.78 is 0. The first-order valence-electron chi connectivity index (χ1n) is 11.4. The fourth-order valence-corrected chi connectivity index (χ4v) is 4.51. The molecule has 2 aromatic carbocycles. The van der Waals surface area contributed by atoms with Crippen molar-refractivity contribution in [1.29, 1.82) is 0 Å². The second-order valence-electron chi connectivity index (χ2n) is 8.69. The molecule has 1 aliphatic heterocycles. The maximum absolute atomic E-state index is 12.9. The Hall–Kier alpha value is -4.14. The zero-order valence-electron chi connectivity index (χ0n) is 19.2. The van der Waals surface area contributed by atoms with Crippen LogP contribution in [0.5, 0.6) is 0 Å². The minimum atomic E-state index is -0.0977. The summed E-state index contributed by atoms with van der Waals surface area (Å²) in [4.78, 5) is 24.4. The summed E-state index contributed by atoms with van der Waals surface area (Å²) in [5, 5.41) is 14.1. The Morgan fingerprint density at radius 1 is 1.18 bits per heavy atom. The first kappa shape index (κ1) is 21.7. The van der Waals surface area contributed by atoms with Gasteiger partial charge >= 0.3 is 0 Å². The van der Waals surface area contributed by atoms with Crippen molar-refractivity contribution in [3.63, 3.8) is 0 Å². The van der Waals surface area contributed by atoms with Crippen LogP contribution >= 0.6 is 0 Å². The van der Waals surface area contributed by atoms with Crippen LogP contribution in [0.25, 0.3) is 22.2 Å². The Morgan fingerprint density at radius 2 is 2.00 bits per heavy atom. The van der Waals surface area contributed by atoms with E-state index >= 15 is 0 Å². The molecule has 1 aliphatic rings. The van der Waals surface area contributed by atoms with Crippen LogP contribution < -0.4 is 21.3 Å². The topological polar surface area (TPSA) is 125 Å². The number of anilines is 3.